The average Bonchev–Trinajstić information content (AvgIpc) is 3.59. The molecule has 4 aromatic rings. The summed E-state index contributed by atoms with van der Waals surface area (Å²) in [4.78, 5) is 32.0. The van der Waals surface area contributed by atoms with Crippen LogP contribution in [-0.2, 0) is 29.1 Å². The first-order chi connectivity index (χ1) is 16.6. The number of aromatic nitrogens is 1. The summed E-state index contributed by atoms with van der Waals surface area (Å²) in [5.41, 5.74) is 3.25. The third kappa shape index (κ3) is 4.30. The number of furan rings is 1. The highest BCUT2D eigenvalue weighted by molar-refractivity contribution is 5.95. The Kier molecular flexibility index (Phi) is 5.86. The van der Waals surface area contributed by atoms with Crippen LogP contribution in [0.2, 0.25) is 0 Å². The second-order valence-electron chi connectivity index (χ2n) is 7.88. The highest BCUT2D eigenvalue weighted by Gasteiger charge is 2.37. The van der Waals surface area contributed by atoms with Gasteiger partial charge < -0.3 is 23.2 Å². The van der Waals surface area contributed by atoms with Crippen molar-refractivity contribution in [1.82, 2.24) is 9.88 Å². The van der Waals surface area contributed by atoms with E-state index < -0.39 is 12.0 Å². The first-order valence-corrected chi connectivity index (χ1v) is 10.8. The van der Waals surface area contributed by atoms with E-state index in [0.717, 1.165) is 22.4 Å². The molecule has 8 nitrogen and oxygen atoms in total. The van der Waals surface area contributed by atoms with Crippen molar-refractivity contribution in [3.05, 3.63) is 95.8 Å². The van der Waals surface area contributed by atoms with Gasteiger partial charge in [0.1, 0.15) is 30.4 Å². The minimum Gasteiger partial charge on any atom is -0.497 e. The first kappa shape index (κ1) is 21.5. The van der Waals surface area contributed by atoms with E-state index in [-0.39, 0.29) is 18.3 Å². The molecule has 34 heavy (non-hydrogen) atoms. The van der Waals surface area contributed by atoms with Crippen molar-refractivity contribution in [3.63, 3.8) is 0 Å². The van der Waals surface area contributed by atoms with E-state index in [9.17, 15) is 9.59 Å². The Morgan fingerprint density at radius 1 is 1.03 bits per heavy atom. The zero-order chi connectivity index (χ0) is 23.5. The summed E-state index contributed by atoms with van der Waals surface area (Å²) in [5, 5.41) is 0. The fraction of sp³-hybridized carbons (Fsp3) is 0.192. The largest absolute Gasteiger partial charge is 0.497 e. The Bertz CT molecular complexity index is 1290. The molecule has 2 aromatic heterocycles. The fourth-order valence-electron chi connectivity index (χ4n) is 3.97. The van der Waals surface area contributed by atoms with E-state index in [1.54, 1.807) is 19.2 Å². The van der Waals surface area contributed by atoms with Crippen molar-refractivity contribution in [3.8, 4) is 17.2 Å². The van der Waals surface area contributed by atoms with Crippen molar-refractivity contribution in [2.24, 2.45) is 0 Å². The lowest BCUT2D eigenvalue weighted by molar-refractivity contribution is -0.151. The summed E-state index contributed by atoms with van der Waals surface area (Å²) in [6.45, 7) is 0.223. The molecule has 1 amide bonds. The van der Waals surface area contributed by atoms with Gasteiger partial charge in [-0.05, 0) is 47.5 Å². The van der Waals surface area contributed by atoms with Crippen LogP contribution in [0.15, 0.2) is 82.0 Å². The van der Waals surface area contributed by atoms with E-state index in [1.165, 1.54) is 17.4 Å². The molecule has 0 radical (unpaired) electrons. The quantitative estimate of drug-likeness (QED) is 0.399. The second kappa shape index (κ2) is 9.27. The number of nitrogens with zero attached hydrogens (tertiary/aromatic N) is 2. The summed E-state index contributed by atoms with van der Waals surface area (Å²) in [6.07, 6.45) is 3.25. The third-order valence-corrected chi connectivity index (χ3v) is 5.76. The molecule has 0 bridgehead atoms. The van der Waals surface area contributed by atoms with Gasteiger partial charge in [0, 0.05) is 18.5 Å². The number of hydrogen-bond donors (Lipinski definition) is 0. The van der Waals surface area contributed by atoms with Gasteiger partial charge in [-0.1, -0.05) is 24.3 Å². The SMILES string of the molecule is COc1ccc(-c2nc(COC(=O)[C@@H]3Cc4ccccc4CN3C(=O)c3ccco3)co2)cc1. The lowest BCUT2D eigenvalue weighted by atomic mass is 9.93. The van der Waals surface area contributed by atoms with Gasteiger partial charge in [-0.3, -0.25) is 4.79 Å². The van der Waals surface area contributed by atoms with E-state index >= 15 is 0 Å². The molecular weight excluding hydrogens is 436 g/mol. The van der Waals surface area contributed by atoms with Gasteiger partial charge in [0.05, 0.1) is 13.4 Å². The van der Waals surface area contributed by atoms with Crippen LogP contribution in [0.4, 0.5) is 0 Å². The van der Waals surface area contributed by atoms with Crippen LogP contribution < -0.4 is 4.74 Å². The molecular formula is C26H22N2O6. The molecule has 0 N–H and O–H groups in total. The molecule has 0 spiro atoms. The number of carbonyl (C=O) groups is 2. The monoisotopic (exact) mass is 458 g/mol. The Balaban J connectivity index is 1.30. The summed E-state index contributed by atoms with van der Waals surface area (Å²) in [6, 6.07) is 17.5. The minimum absolute atomic E-state index is 0.0700. The number of methoxy groups -OCH3 is 1. The number of carbonyl (C=O) groups excluding carboxylic acids is 2. The molecule has 0 aliphatic carbocycles. The molecule has 3 heterocycles. The average molecular weight is 458 g/mol. The van der Waals surface area contributed by atoms with Crippen molar-refractivity contribution in [1.29, 1.82) is 0 Å². The number of ether oxygens (including phenoxy) is 2. The third-order valence-electron chi connectivity index (χ3n) is 5.76. The van der Waals surface area contributed by atoms with Crippen LogP contribution >= 0.6 is 0 Å². The molecule has 0 saturated carbocycles. The molecule has 1 atom stereocenters. The van der Waals surface area contributed by atoms with Crippen molar-refractivity contribution < 1.29 is 27.9 Å². The van der Waals surface area contributed by atoms with Gasteiger partial charge in [0.25, 0.3) is 5.91 Å². The topological polar surface area (TPSA) is 95.0 Å². The van der Waals surface area contributed by atoms with Gasteiger partial charge in [0.2, 0.25) is 5.89 Å². The molecule has 2 aromatic carbocycles. The minimum atomic E-state index is -0.777. The second-order valence-corrected chi connectivity index (χ2v) is 7.88. The Morgan fingerprint density at radius 2 is 1.82 bits per heavy atom. The van der Waals surface area contributed by atoms with Gasteiger partial charge >= 0.3 is 5.97 Å². The van der Waals surface area contributed by atoms with Crippen LogP contribution in [-0.4, -0.2) is 34.9 Å². The van der Waals surface area contributed by atoms with Crippen LogP contribution in [0.3, 0.4) is 0 Å². The number of benzene rings is 2. The van der Waals surface area contributed by atoms with Gasteiger partial charge in [-0.2, -0.15) is 0 Å². The summed E-state index contributed by atoms with van der Waals surface area (Å²) >= 11 is 0. The number of rotatable bonds is 6. The molecule has 8 heteroatoms. The van der Waals surface area contributed by atoms with Crippen LogP contribution in [0, 0.1) is 0 Å². The Hall–Kier alpha value is -4.33. The van der Waals surface area contributed by atoms with Gasteiger partial charge in [-0.15, -0.1) is 0 Å². The van der Waals surface area contributed by atoms with Crippen molar-refractivity contribution in [2.45, 2.75) is 25.6 Å². The maximum absolute atomic E-state index is 13.1. The molecule has 0 unspecified atom stereocenters. The Morgan fingerprint density at radius 3 is 2.56 bits per heavy atom. The summed E-state index contributed by atoms with van der Waals surface area (Å²) in [7, 11) is 1.60. The number of fused-ring (bicyclic) bond motifs is 1. The molecule has 172 valence electrons. The molecule has 5 rings (SSSR count). The zero-order valence-corrected chi connectivity index (χ0v) is 18.5. The van der Waals surface area contributed by atoms with E-state index in [4.69, 9.17) is 18.3 Å². The first-order valence-electron chi connectivity index (χ1n) is 10.8. The van der Waals surface area contributed by atoms with Gasteiger partial charge in [0.15, 0.2) is 5.76 Å². The smallest absolute Gasteiger partial charge is 0.329 e. The molecule has 0 fully saturated rings. The number of oxazole rings is 1. The van der Waals surface area contributed by atoms with E-state index in [1.807, 2.05) is 48.5 Å². The van der Waals surface area contributed by atoms with Crippen LogP contribution in [0.1, 0.15) is 27.4 Å². The highest BCUT2D eigenvalue weighted by Crippen LogP contribution is 2.27. The van der Waals surface area contributed by atoms with Crippen LogP contribution in [0.5, 0.6) is 5.75 Å². The predicted octanol–water partition coefficient (Wildman–Crippen LogP) is 4.25. The normalized spacial score (nSPS) is 15.0. The van der Waals surface area contributed by atoms with E-state index in [2.05, 4.69) is 4.98 Å². The standard InChI is InChI=1S/C26H22N2O6/c1-31-21-10-8-17(9-11-21)24-27-20(15-33-24)16-34-26(30)22-13-18-5-2-3-6-19(18)14-28(22)25(29)23-7-4-12-32-23/h2-12,15,22H,13-14,16H2,1H3/t22-/m0/s1. The van der Waals surface area contributed by atoms with E-state index in [0.29, 0.717) is 24.6 Å². The number of esters is 1. The zero-order valence-electron chi connectivity index (χ0n) is 18.5. The van der Waals surface area contributed by atoms with Crippen molar-refractivity contribution in [2.75, 3.05) is 7.11 Å². The lowest BCUT2D eigenvalue weighted by Gasteiger charge is -2.34. The Labute approximate surface area is 195 Å². The molecule has 1 aliphatic heterocycles. The fourth-order valence-corrected chi connectivity index (χ4v) is 3.97. The number of hydrogen-bond acceptors (Lipinski definition) is 7. The number of amides is 1. The summed E-state index contributed by atoms with van der Waals surface area (Å²) in [5.74, 6) is 0.452. The highest BCUT2D eigenvalue weighted by atomic mass is 16.5. The molecule has 0 saturated heterocycles. The van der Waals surface area contributed by atoms with Crippen molar-refractivity contribution >= 4 is 11.9 Å². The maximum atomic E-state index is 13.1. The molecule has 1 aliphatic rings. The van der Waals surface area contributed by atoms with Gasteiger partial charge in [-0.25, -0.2) is 9.78 Å². The summed E-state index contributed by atoms with van der Waals surface area (Å²) < 4.78 is 21.5. The predicted molar refractivity (Wildman–Crippen MR) is 121 cm³/mol. The van der Waals surface area contributed by atoms with Crippen LogP contribution in [0.25, 0.3) is 11.5 Å². The lowest BCUT2D eigenvalue weighted by Crippen LogP contribution is -2.49. The maximum Gasteiger partial charge on any atom is 0.329 e.